The highest BCUT2D eigenvalue weighted by molar-refractivity contribution is 5.95. The number of urea groups is 1. The van der Waals surface area contributed by atoms with Crippen molar-refractivity contribution in [3.05, 3.63) is 48.0 Å². The lowest BCUT2D eigenvalue weighted by Gasteiger charge is -2.26. The molecule has 2 amide bonds. The van der Waals surface area contributed by atoms with Gasteiger partial charge in [0, 0.05) is 43.9 Å². The number of nitrogens with one attached hydrogen (secondary N) is 1. The van der Waals surface area contributed by atoms with Crippen molar-refractivity contribution in [2.45, 2.75) is 18.9 Å². The summed E-state index contributed by atoms with van der Waals surface area (Å²) in [7, 11) is 1.66. The van der Waals surface area contributed by atoms with Crippen molar-refractivity contribution in [2.75, 3.05) is 25.6 Å². The van der Waals surface area contributed by atoms with Gasteiger partial charge in [-0.15, -0.1) is 0 Å². The van der Waals surface area contributed by atoms with Gasteiger partial charge in [0.25, 0.3) is 0 Å². The fourth-order valence-corrected chi connectivity index (χ4v) is 3.91. The van der Waals surface area contributed by atoms with E-state index < -0.39 is 11.6 Å². The van der Waals surface area contributed by atoms with E-state index in [2.05, 4.69) is 15.5 Å². The van der Waals surface area contributed by atoms with Crippen molar-refractivity contribution in [3.63, 3.8) is 0 Å². The number of hydrogen-bond acceptors (Lipinski definition) is 8. The molecular weight excluding hydrogens is 414 g/mol. The number of nitrogens with two attached hydrogens (primary N) is 1. The molecule has 11 heteroatoms. The Morgan fingerprint density at radius 2 is 2.22 bits per heavy atom. The molecule has 0 radical (unpaired) electrons. The topological polar surface area (TPSA) is 143 Å². The number of carbonyl (C=O) groups excluding carboxylic acids is 1. The minimum absolute atomic E-state index is 0.295. The Labute approximate surface area is 182 Å². The number of anilines is 1. The first-order chi connectivity index (χ1) is 15.5. The van der Waals surface area contributed by atoms with Crippen LogP contribution in [-0.2, 0) is 15.1 Å². The highest BCUT2D eigenvalue weighted by Crippen LogP contribution is 2.35. The second-order valence-electron chi connectivity index (χ2n) is 7.61. The van der Waals surface area contributed by atoms with Crippen molar-refractivity contribution >= 4 is 22.8 Å². The molecule has 1 fully saturated rings. The summed E-state index contributed by atoms with van der Waals surface area (Å²) in [5, 5.41) is 12.0. The number of aromatic nitrogens is 5. The van der Waals surface area contributed by atoms with E-state index in [9.17, 15) is 4.79 Å². The lowest BCUT2D eigenvalue weighted by molar-refractivity contribution is -0.0246. The zero-order valence-electron chi connectivity index (χ0n) is 17.5. The number of carbonyl (C=O) groups is 1. The number of fused-ring (bicyclic) bond motifs is 1. The Morgan fingerprint density at radius 1 is 1.34 bits per heavy atom. The largest absolute Gasteiger partial charge is 0.378 e. The molecule has 164 valence electrons. The first-order valence-electron chi connectivity index (χ1n) is 9.97. The van der Waals surface area contributed by atoms with Gasteiger partial charge in [0.1, 0.15) is 29.1 Å². The van der Waals surface area contributed by atoms with E-state index in [4.69, 9.17) is 29.8 Å². The number of hydrogen-bond donors (Lipinski definition) is 2. The molecule has 3 N–H and O–H groups in total. The normalized spacial score (nSPS) is 18.3. The maximum Gasteiger partial charge on any atom is 0.317 e. The molecule has 1 aliphatic heterocycles. The molecule has 1 saturated heterocycles. The average molecular weight is 435 g/mol. The van der Waals surface area contributed by atoms with Crippen molar-refractivity contribution < 1.29 is 18.8 Å². The number of methoxy groups -OCH3 is 1. The van der Waals surface area contributed by atoms with E-state index in [1.54, 1.807) is 30.1 Å². The van der Waals surface area contributed by atoms with Crippen LogP contribution >= 0.6 is 0 Å². The van der Waals surface area contributed by atoms with Crippen LogP contribution in [0.2, 0.25) is 0 Å². The van der Waals surface area contributed by atoms with Crippen LogP contribution in [0, 0.1) is 6.92 Å². The van der Waals surface area contributed by atoms with E-state index in [1.165, 1.54) is 6.26 Å². The summed E-state index contributed by atoms with van der Waals surface area (Å²) in [6, 6.07) is 6.60. The van der Waals surface area contributed by atoms with Crippen LogP contribution in [0.25, 0.3) is 28.1 Å². The predicted molar refractivity (Wildman–Crippen MR) is 114 cm³/mol. The second kappa shape index (κ2) is 7.70. The highest BCUT2D eigenvalue weighted by atomic mass is 16.5. The summed E-state index contributed by atoms with van der Waals surface area (Å²) in [6.07, 6.45) is 3.79. The van der Waals surface area contributed by atoms with Crippen LogP contribution in [0.1, 0.15) is 17.7 Å². The third-order valence-corrected chi connectivity index (χ3v) is 5.51. The maximum atomic E-state index is 11.3. The summed E-state index contributed by atoms with van der Waals surface area (Å²) in [4.78, 5) is 20.5. The zero-order chi connectivity index (χ0) is 22.3. The molecule has 5 rings (SSSR count). The van der Waals surface area contributed by atoms with Crippen LogP contribution in [0.15, 0.2) is 41.2 Å². The Bertz CT molecular complexity index is 1290. The Balaban J connectivity index is 1.72. The molecule has 5 heterocycles. The van der Waals surface area contributed by atoms with Crippen LogP contribution in [0.4, 0.5) is 10.6 Å². The minimum Gasteiger partial charge on any atom is -0.378 e. The zero-order valence-corrected chi connectivity index (χ0v) is 17.5. The summed E-state index contributed by atoms with van der Waals surface area (Å²) in [5.41, 5.74) is 8.20. The highest BCUT2D eigenvalue weighted by Gasteiger charge is 2.38. The van der Waals surface area contributed by atoms with Gasteiger partial charge in [-0.1, -0.05) is 5.16 Å². The quantitative estimate of drug-likeness (QED) is 0.487. The van der Waals surface area contributed by atoms with Gasteiger partial charge < -0.3 is 19.7 Å². The third-order valence-electron chi connectivity index (χ3n) is 5.51. The number of primary amides is 1. The molecule has 0 spiro atoms. The number of ether oxygens (including phenoxy) is 2. The monoisotopic (exact) mass is 435 g/mol. The van der Waals surface area contributed by atoms with Crippen LogP contribution in [0.5, 0.6) is 0 Å². The van der Waals surface area contributed by atoms with Crippen molar-refractivity contribution in [3.8, 4) is 17.2 Å². The van der Waals surface area contributed by atoms with Gasteiger partial charge in [-0.25, -0.2) is 19.4 Å². The molecule has 32 heavy (non-hydrogen) atoms. The molecule has 0 bridgehead atoms. The van der Waals surface area contributed by atoms with Gasteiger partial charge >= 0.3 is 6.03 Å². The molecule has 11 nitrogen and oxygen atoms in total. The number of rotatable bonds is 5. The summed E-state index contributed by atoms with van der Waals surface area (Å²) < 4.78 is 18.1. The molecule has 0 saturated carbocycles. The number of nitrogens with zero attached hydrogens (tertiary/aromatic N) is 5. The summed E-state index contributed by atoms with van der Waals surface area (Å²) >= 11 is 0. The van der Waals surface area contributed by atoms with Gasteiger partial charge in [0.2, 0.25) is 0 Å². The van der Waals surface area contributed by atoms with Gasteiger partial charge in [-0.3, -0.25) is 5.32 Å². The fourth-order valence-electron chi connectivity index (χ4n) is 3.91. The van der Waals surface area contributed by atoms with Crippen molar-refractivity contribution in [1.82, 2.24) is 24.9 Å². The summed E-state index contributed by atoms with van der Waals surface area (Å²) in [5.74, 6) is 0.877. The molecule has 4 aromatic heterocycles. The SMILES string of the molecule is CO[C@@]1(c2cc(C)cc(-n3nc(-c4ccon4)c4cnc(NC(N)=O)cc43)n2)CCOC1. The second-order valence-corrected chi connectivity index (χ2v) is 7.61. The predicted octanol–water partition coefficient (Wildman–Crippen LogP) is 2.53. The van der Waals surface area contributed by atoms with Gasteiger partial charge in [0.15, 0.2) is 5.82 Å². The van der Waals surface area contributed by atoms with Crippen molar-refractivity contribution in [1.29, 1.82) is 0 Å². The molecule has 1 aliphatic rings. The Kier molecular flexibility index (Phi) is 4.83. The van der Waals surface area contributed by atoms with Crippen LogP contribution < -0.4 is 11.1 Å². The molecule has 0 aromatic carbocycles. The minimum atomic E-state index is -0.709. The summed E-state index contributed by atoms with van der Waals surface area (Å²) in [6.45, 7) is 3.02. The molecule has 0 aliphatic carbocycles. The average Bonchev–Trinajstić information content (AvgIpc) is 3.52. The van der Waals surface area contributed by atoms with Crippen LogP contribution in [0.3, 0.4) is 0 Å². The van der Waals surface area contributed by atoms with Gasteiger partial charge in [-0.05, 0) is 24.6 Å². The number of pyridine rings is 2. The lowest BCUT2D eigenvalue weighted by atomic mass is 9.97. The van der Waals surface area contributed by atoms with E-state index in [-0.39, 0.29) is 0 Å². The van der Waals surface area contributed by atoms with Gasteiger partial charge in [0.05, 0.1) is 17.8 Å². The van der Waals surface area contributed by atoms with E-state index in [1.807, 2.05) is 19.1 Å². The van der Waals surface area contributed by atoms with Gasteiger partial charge in [-0.2, -0.15) is 5.10 Å². The molecule has 0 unspecified atom stereocenters. The third kappa shape index (κ3) is 3.37. The van der Waals surface area contributed by atoms with E-state index >= 15 is 0 Å². The number of aryl methyl sites for hydroxylation is 1. The Morgan fingerprint density at radius 3 is 2.91 bits per heavy atom. The van der Waals surface area contributed by atoms with Crippen molar-refractivity contribution in [2.24, 2.45) is 5.73 Å². The smallest absolute Gasteiger partial charge is 0.317 e. The van der Waals surface area contributed by atoms with E-state index in [0.717, 1.165) is 11.3 Å². The first-order valence-corrected chi connectivity index (χ1v) is 9.97. The lowest BCUT2D eigenvalue weighted by Crippen LogP contribution is -2.30. The standard InChI is InChI=1S/C21H21N7O4/c1-12-7-16(21(30-2)4-6-31-11-21)24-18(8-12)28-15-9-17(25-20(22)29)23-10-13(15)19(26-28)14-3-5-32-27-14/h3,5,7-10H,4,6,11H2,1-2H3,(H3,22,23,25,29)/t21-/m0/s1. The Hall–Kier alpha value is -3.83. The molecule has 4 aromatic rings. The maximum absolute atomic E-state index is 11.3. The van der Waals surface area contributed by atoms with Crippen LogP contribution in [-0.4, -0.2) is 51.3 Å². The molecular formula is C21H21N7O4. The number of amides is 2. The van der Waals surface area contributed by atoms with E-state index in [0.29, 0.717) is 53.6 Å². The first kappa shape index (κ1) is 20.1. The molecule has 1 atom stereocenters. The fraction of sp³-hybridized carbons (Fsp3) is 0.286.